The number of ether oxygens (including phenoxy) is 3. The monoisotopic (exact) mass is 843 g/mol. The van der Waals surface area contributed by atoms with Crippen LogP contribution in [-0.2, 0) is 28.6 Å². The molecule has 0 saturated heterocycles. The number of allylic oxidation sites excluding steroid dienone is 6. The zero-order valence-corrected chi connectivity index (χ0v) is 40.0. The highest BCUT2D eigenvalue weighted by Crippen LogP contribution is 2.15. The molecule has 6 heteroatoms. The molecule has 0 fully saturated rings. The lowest BCUT2D eigenvalue weighted by molar-refractivity contribution is -0.167. The lowest BCUT2D eigenvalue weighted by Crippen LogP contribution is -2.30. The molecule has 0 aromatic heterocycles. The molecule has 6 nitrogen and oxygen atoms in total. The van der Waals surface area contributed by atoms with Crippen LogP contribution in [-0.4, -0.2) is 37.2 Å². The van der Waals surface area contributed by atoms with E-state index < -0.39 is 6.10 Å². The number of unbranched alkanes of at least 4 members (excludes halogenated alkanes) is 30. The van der Waals surface area contributed by atoms with Gasteiger partial charge in [0, 0.05) is 19.3 Å². The molecule has 0 spiro atoms. The van der Waals surface area contributed by atoms with Gasteiger partial charge in [0.05, 0.1) is 0 Å². The van der Waals surface area contributed by atoms with Gasteiger partial charge < -0.3 is 14.2 Å². The second-order valence-electron chi connectivity index (χ2n) is 17.4. The molecular weight excluding hydrogens is 745 g/mol. The van der Waals surface area contributed by atoms with E-state index in [2.05, 4.69) is 57.2 Å². The Bertz CT molecular complexity index is 1020. The average molecular weight is 843 g/mol. The van der Waals surface area contributed by atoms with Crippen molar-refractivity contribution in [1.82, 2.24) is 0 Å². The quantitative estimate of drug-likeness (QED) is 0.0263. The zero-order valence-electron chi connectivity index (χ0n) is 40.0. The van der Waals surface area contributed by atoms with Crippen molar-refractivity contribution >= 4 is 17.9 Å². The van der Waals surface area contributed by atoms with E-state index in [0.717, 1.165) is 83.5 Å². The van der Waals surface area contributed by atoms with Gasteiger partial charge in [-0.15, -0.1) is 0 Å². The minimum Gasteiger partial charge on any atom is -0.462 e. The van der Waals surface area contributed by atoms with Gasteiger partial charge in [-0.2, -0.15) is 0 Å². The maximum atomic E-state index is 12.8. The van der Waals surface area contributed by atoms with E-state index in [1.807, 2.05) is 0 Å². The highest BCUT2D eigenvalue weighted by Gasteiger charge is 2.19. The van der Waals surface area contributed by atoms with Crippen molar-refractivity contribution < 1.29 is 28.6 Å². The fourth-order valence-corrected chi connectivity index (χ4v) is 7.39. The second kappa shape index (κ2) is 49.3. The second-order valence-corrected chi connectivity index (χ2v) is 17.4. The molecule has 0 rings (SSSR count). The normalized spacial score (nSPS) is 12.2. The van der Waals surface area contributed by atoms with Gasteiger partial charge in [0.15, 0.2) is 6.10 Å². The van der Waals surface area contributed by atoms with E-state index in [1.54, 1.807) is 0 Å². The summed E-state index contributed by atoms with van der Waals surface area (Å²) in [5.41, 5.74) is 0. The minimum atomic E-state index is -0.778. The molecule has 0 N–H and O–H groups in total. The predicted octanol–water partition coefficient (Wildman–Crippen LogP) is 16.9. The minimum absolute atomic E-state index is 0.0771. The lowest BCUT2D eigenvalue weighted by atomic mass is 10.0. The molecule has 0 aliphatic carbocycles. The Morgan fingerprint density at radius 1 is 0.333 bits per heavy atom. The highest BCUT2D eigenvalue weighted by atomic mass is 16.6. The maximum absolute atomic E-state index is 12.8. The van der Waals surface area contributed by atoms with Crippen LogP contribution in [0.4, 0.5) is 0 Å². The van der Waals surface area contributed by atoms with Crippen molar-refractivity contribution in [2.45, 2.75) is 277 Å². The van der Waals surface area contributed by atoms with Crippen molar-refractivity contribution in [2.75, 3.05) is 13.2 Å². The van der Waals surface area contributed by atoms with Gasteiger partial charge in [0.2, 0.25) is 0 Å². The van der Waals surface area contributed by atoms with Gasteiger partial charge >= 0.3 is 17.9 Å². The Labute approximate surface area is 372 Å². The number of esters is 3. The standard InChI is InChI=1S/C54H98O6/c1-4-7-10-13-16-19-22-25-28-31-34-37-40-43-46-52(55)58-49-51(60-54(57)48-45-42-39-36-33-30-27-24-21-18-15-12-9-6-3)50-59-53(56)47-44-41-38-35-32-29-26-23-20-17-14-11-8-5-2/h13,16,22,24-25,27,51H,4-12,14-15,17-21,23,26,28-50H2,1-3H3/b16-13+,25-22+,27-24+/t51-/m0/s1. The molecule has 0 aromatic rings. The molecule has 0 amide bonds. The lowest BCUT2D eigenvalue weighted by Gasteiger charge is -2.18. The third-order valence-electron chi connectivity index (χ3n) is 11.4. The molecule has 0 aliphatic rings. The van der Waals surface area contributed by atoms with Gasteiger partial charge in [-0.1, -0.05) is 218 Å². The van der Waals surface area contributed by atoms with Crippen LogP contribution >= 0.6 is 0 Å². The third-order valence-corrected chi connectivity index (χ3v) is 11.4. The van der Waals surface area contributed by atoms with E-state index in [-0.39, 0.29) is 31.1 Å². The number of carbonyl (C=O) groups is 3. The summed E-state index contributed by atoms with van der Waals surface area (Å²) in [7, 11) is 0. The van der Waals surface area contributed by atoms with Gasteiger partial charge in [-0.25, -0.2) is 0 Å². The summed E-state index contributed by atoms with van der Waals surface area (Å²) >= 11 is 0. The fraction of sp³-hybridized carbons (Fsp3) is 0.833. The molecule has 0 bridgehead atoms. The fourth-order valence-electron chi connectivity index (χ4n) is 7.39. The first kappa shape index (κ1) is 57.6. The molecule has 0 unspecified atom stereocenters. The zero-order chi connectivity index (χ0) is 43.7. The highest BCUT2D eigenvalue weighted by molar-refractivity contribution is 5.71. The molecule has 350 valence electrons. The van der Waals surface area contributed by atoms with E-state index >= 15 is 0 Å². The summed E-state index contributed by atoms with van der Waals surface area (Å²) in [5.74, 6) is -0.890. The summed E-state index contributed by atoms with van der Waals surface area (Å²) in [5, 5.41) is 0. The molecule has 0 aromatic carbocycles. The van der Waals surface area contributed by atoms with Crippen LogP contribution in [0.5, 0.6) is 0 Å². The van der Waals surface area contributed by atoms with E-state index in [1.165, 1.54) is 148 Å². The molecule has 60 heavy (non-hydrogen) atoms. The molecule has 0 heterocycles. The topological polar surface area (TPSA) is 78.9 Å². The van der Waals surface area contributed by atoms with E-state index in [0.29, 0.717) is 19.3 Å². The smallest absolute Gasteiger partial charge is 0.306 e. The molecule has 1 atom stereocenters. The van der Waals surface area contributed by atoms with Crippen molar-refractivity contribution in [1.29, 1.82) is 0 Å². The van der Waals surface area contributed by atoms with E-state index in [9.17, 15) is 14.4 Å². The predicted molar refractivity (Wildman–Crippen MR) is 256 cm³/mol. The first-order valence-corrected chi connectivity index (χ1v) is 26.0. The van der Waals surface area contributed by atoms with Crippen LogP contribution in [0.25, 0.3) is 0 Å². The number of carbonyl (C=O) groups excluding carboxylic acids is 3. The number of hydrogen-bond donors (Lipinski definition) is 0. The summed E-state index contributed by atoms with van der Waals surface area (Å²) in [6.07, 6.45) is 56.9. The Morgan fingerprint density at radius 3 is 0.983 bits per heavy atom. The van der Waals surface area contributed by atoms with Crippen LogP contribution in [0.3, 0.4) is 0 Å². The van der Waals surface area contributed by atoms with Crippen LogP contribution in [0.15, 0.2) is 36.5 Å². The van der Waals surface area contributed by atoms with Gasteiger partial charge in [0.25, 0.3) is 0 Å². The summed E-state index contributed by atoms with van der Waals surface area (Å²) in [6, 6.07) is 0. The molecule has 0 aliphatic heterocycles. The van der Waals surface area contributed by atoms with Crippen LogP contribution < -0.4 is 0 Å². The SMILES string of the molecule is CCCC/C=C/C/C=C/CCCCCCCC(=O)OC[C@@H](COC(=O)CCCCCCCCCCCCCCCC)OC(=O)CCCCCCC/C=C/CCCCCCC. The Kier molecular flexibility index (Phi) is 47.3. The van der Waals surface area contributed by atoms with E-state index in [4.69, 9.17) is 14.2 Å². The number of hydrogen-bond acceptors (Lipinski definition) is 6. The molecular formula is C54H98O6. The average Bonchev–Trinajstić information content (AvgIpc) is 3.24. The van der Waals surface area contributed by atoms with Crippen molar-refractivity contribution in [3.8, 4) is 0 Å². The van der Waals surface area contributed by atoms with Gasteiger partial charge in [0.1, 0.15) is 13.2 Å². The Balaban J connectivity index is 4.39. The third kappa shape index (κ3) is 46.7. The first-order chi connectivity index (χ1) is 29.5. The summed E-state index contributed by atoms with van der Waals surface area (Å²) < 4.78 is 16.8. The van der Waals surface area contributed by atoms with Crippen molar-refractivity contribution in [3.63, 3.8) is 0 Å². The van der Waals surface area contributed by atoms with Crippen molar-refractivity contribution in [2.24, 2.45) is 0 Å². The van der Waals surface area contributed by atoms with Gasteiger partial charge in [-0.3, -0.25) is 14.4 Å². The van der Waals surface area contributed by atoms with Gasteiger partial charge in [-0.05, 0) is 70.6 Å². The number of rotatable bonds is 47. The van der Waals surface area contributed by atoms with Crippen LogP contribution in [0.1, 0.15) is 271 Å². The first-order valence-electron chi connectivity index (χ1n) is 26.0. The Hall–Kier alpha value is -2.37. The summed E-state index contributed by atoms with van der Waals surface area (Å²) in [4.78, 5) is 37.9. The van der Waals surface area contributed by atoms with Crippen LogP contribution in [0, 0.1) is 0 Å². The van der Waals surface area contributed by atoms with Crippen molar-refractivity contribution in [3.05, 3.63) is 36.5 Å². The summed E-state index contributed by atoms with van der Waals surface area (Å²) in [6.45, 7) is 6.59. The molecule has 0 radical (unpaired) electrons. The largest absolute Gasteiger partial charge is 0.462 e. The Morgan fingerprint density at radius 2 is 0.617 bits per heavy atom. The van der Waals surface area contributed by atoms with Crippen LogP contribution in [0.2, 0.25) is 0 Å². The molecule has 0 saturated carbocycles. The maximum Gasteiger partial charge on any atom is 0.306 e.